The van der Waals surface area contributed by atoms with Gasteiger partial charge in [-0.05, 0) is 18.1 Å². The Kier molecular flexibility index (Phi) is 4.45. The molecule has 3 heterocycles. The summed E-state index contributed by atoms with van der Waals surface area (Å²) in [6.07, 6.45) is 1.65. The van der Waals surface area contributed by atoms with Gasteiger partial charge < -0.3 is 4.90 Å². The average molecular weight is 374 g/mol. The molecule has 0 radical (unpaired) electrons. The topological polar surface area (TPSA) is 41.4 Å². The Morgan fingerprint density at radius 3 is 2.70 bits per heavy atom. The molecular weight excluding hydrogens is 362 g/mol. The van der Waals surface area contributed by atoms with Crippen LogP contribution in [0.15, 0.2) is 23.3 Å². The number of aliphatic imine (C=N–C) groups is 1. The van der Waals surface area contributed by atoms with Gasteiger partial charge in [-0.2, -0.15) is 0 Å². The highest BCUT2D eigenvalue weighted by Crippen LogP contribution is 2.40. The summed E-state index contributed by atoms with van der Waals surface area (Å²) in [5.74, 6) is -0.111. The van der Waals surface area contributed by atoms with Crippen molar-refractivity contribution in [3.8, 4) is 0 Å². The van der Waals surface area contributed by atoms with Gasteiger partial charge >= 0.3 is 0 Å². The Balaban J connectivity index is 2.24. The zero-order chi connectivity index (χ0) is 16.7. The first-order valence-corrected chi connectivity index (χ1v) is 8.01. The summed E-state index contributed by atoms with van der Waals surface area (Å²) in [7, 11) is 0. The first-order valence-electron chi connectivity index (χ1n) is 6.88. The molecule has 2 aromatic heterocycles. The Labute approximate surface area is 147 Å². The van der Waals surface area contributed by atoms with E-state index in [9.17, 15) is 4.39 Å². The number of rotatable bonds is 2. The summed E-state index contributed by atoms with van der Waals surface area (Å²) in [5.41, 5.74) is 1.84. The fourth-order valence-electron chi connectivity index (χ4n) is 2.41. The van der Waals surface area contributed by atoms with E-state index in [1.165, 1.54) is 6.07 Å². The van der Waals surface area contributed by atoms with Crippen molar-refractivity contribution in [1.29, 1.82) is 0 Å². The van der Waals surface area contributed by atoms with Crippen LogP contribution in [0.3, 0.4) is 0 Å². The lowest BCUT2D eigenvalue weighted by molar-refractivity contribution is 0.621. The standard InChI is InChI=1S/C15H12Cl3FN4/c1-7(2)11-12(9(16)3-4-20-11)23-6-21-13(17)8-5-10(19)14(18)22-15(8)23/h3-5,7H,6H2,1-2H3. The highest BCUT2D eigenvalue weighted by Gasteiger charge is 2.28. The van der Waals surface area contributed by atoms with Crippen molar-refractivity contribution in [1.82, 2.24) is 9.97 Å². The van der Waals surface area contributed by atoms with Crippen molar-refractivity contribution < 1.29 is 4.39 Å². The Morgan fingerprint density at radius 2 is 2.00 bits per heavy atom. The maximum absolute atomic E-state index is 13.7. The molecule has 120 valence electrons. The van der Waals surface area contributed by atoms with E-state index in [0.29, 0.717) is 22.1 Å². The van der Waals surface area contributed by atoms with Crippen LogP contribution in [0.5, 0.6) is 0 Å². The molecule has 0 N–H and O–H groups in total. The van der Waals surface area contributed by atoms with Gasteiger partial charge in [0.05, 0.1) is 22.0 Å². The Hall–Kier alpha value is -1.43. The van der Waals surface area contributed by atoms with Gasteiger partial charge in [0.1, 0.15) is 17.7 Å². The smallest absolute Gasteiger partial charge is 0.167 e. The second kappa shape index (κ2) is 6.23. The van der Waals surface area contributed by atoms with Gasteiger partial charge in [-0.15, -0.1) is 0 Å². The van der Waals surface area contributed by atoms with Crippen LogP contribution in [0, 0.1) is 5.82 Å². The lowest BCUT2D eigenvalue weighted by Gasteiger charge is -2.30. The van der Waals surface area contributed by atoms with Gasteiger partial charge in [0.2, 0.25) is 0 Å². The summed E-state index contributed by atoms with van der Waals surface area (Å²) in [6, 6.07) is 2.91. The highest BCUT2D eigenvalue weighted by molar-refractivity contribution is 6.70. The molecule has 0 aromatic carbocycles. The molecule has 1 aliphatic heterocycles. The van der Waals surface area contributed by atoms with Crippen molar-refractivity contribution >= 4 is 51.5 Å². The third-order valence-electron chi connectivity index (χ3n) is 3.46. The van der Waals surface area contributed by atoms with Crippen LogP contribution in [0.2, 0.25) is 10.2 Å². The van der Waals surface area contributed by atoms with E-state index in [4.69, 9.17) is 34.8 Å². The fraction of sp³-hybridized carbons (Fsp3) is 0.267. The quantitative estimate of drug-likeness (QED) is 0.684. The Bertz CT molecular complexity index is 808. The minimum Gasteiger partial charge on any atom is -0.302 e. The second-order valence-electron chi connectivity index (χ2n) is 5.33. The molecule has 0 spiro atoms. The number of anilines is 2. The largest absolute Gasteiger partial charge is 0.302 e. The van der Waals surface area contributed by atoms with Crippen LogP contribution in [0.1, 0.15) is 31.0 Å². The third-order valence-corrected chi connectivity index (χ3v) is 4.36. The third kappa shape index (κ3) is 2.89. The van der Waals surface area contributed by atoms with Crippen LogP contribution in [-0.4, -0.2) is 21.8 Å². The predicted molar refractivity (Wildman–Crippen MR) is 91.9 cm³/mol. The highest BCUT2D eigenvalue weighted by atomic mass is 35.5. The average Bonchev–Trinajstić information content (AvgIpc) is 2.50. The van der Waals surface area contributed by atoms with Crippen molar-refractivity contribution in [2.75, 3.05) is 11.6 Å². The van der Waals surface area contributed by atoms with Gasteiger partial charge in [-0.1, -0.05) is 48.7 Å². The van der Waals surface area contributed by atoms with Gasteiger partial charge in [0.25, 0.3) is 0 Å². The lowest BCUT2D eigenvalue weighted by Crippen LogP contribution is -2.27. The zero-order valence-electron chi connectivity index (χ0n) is 12.3. The van der Waals surface area contributed by atoms with Crippen LogP contribution in [0.25, 0.3) is 0 Å². The zero-order valence-corrected chi connectivity index (χ0v) is 14.6. The number of fused-ring (bicyclic) bond motifs is 1. The summed E-state index contributed by atoms with van der Waals surface area (Å²) < 4.78 is 13.7. The van der Waals surface area contributed by atoms with Gasteiger partial charge in [0.15, 0.2) is 11.0 Å². The lowest BCUT2D eigenvalue weighted by atomic mass is 10.1. The van der Waals surface area contributed by atoms with Crippen LogP contribution in [-0.2, 0) is 0 Å². The monoisotopic (exact) mass is 372 g/mol. The first kappa shape index (κ1) is 16.4. The summed E-state index contributed by atoms with van der Waals surface area (Å²) >= 11 is 18.3. The molecule has 0 fully saturated rings. The Morgan fingerprint density at radius 1 is 1.26 bits per heavy atom. The van der Waals surface area contributed by atoms with E-state index >= 15 is 0 Å². The van der Waals surface area contributed by atoms with E-state index in [1.807, 2.05) is 13.8 Å². The number of pyridine rings is 2. The molecule has 23 heavy (non-hydrogen) atoms. The number of halogens is 4. The predicted octanol–water partition coefficient (Wildman–Crippen LogP) is 5.14. The summed E-state index contributed by atoms with van der Waals surface area (Å²) in [6.45, 7) is 4.22. The first-order chi connectivity index (χ1) is 10.9. The molecule has 0 bridgehead atoms. The van der Waals surface area contributed by atoms with E-state index in [0.717, 1.165) is 5.69 Å². The van der Waals surface area contributed by atoms with Crippen LogP contribution < -0.4 is 4.90 Å². The van der Waals surface area contributed by atoms with Gasteiger partial charge in [0, 0.05) is 6.20 Å². The number of hydrogen-bond donors (Lipinski definition) is 0. The molecular formula is C15H12Cl3FN4. The van der Waals surface area contributed by atoms with Crippen molar-refractivity contribution in [2.45, 2.75) is 19.8 Å². The molecule has 0 amide bonds. The molecule has 0 unspecified atom stereocenters. The molecule has 3 rings (SSSR count). The molecule has 2 aromatic rings. The molecule has 0 aliphatic carbocycles. The normalized spacial score (nSPS) is 14.0. The number of aromatic nitrogens is 2. The fourth-order valence-corrected chi connectivity index (χ4v) is 2.99. The van der Waals surface area contributed by atoms with Crippen LogP contribution >= 0.6 is 34.8 Å². The molecule has 0 atom stereocenters. The van der Waals surface area contributed by atoms with E-state index in [-0.39, 0.29) is 22.9 Å². The molecule has 4 nitrogen and oxygen atoms in total. The van der Waals surface area contributed by atoms with Crippen molar-refractivity contribution in [3.05, 3.63) is 45.6 Å². The van der Waals surface area contributed by atoms with Crippen molar-refractivity contribution in [3.63, 3.8) is 0 Å². The maximum Gasteiger partial charge on any atom is 0.167 e. The van der Waals surface area contributed by atoms with Crippen molar-refractivity contribution in [2.24, 2.45) is 4.99 Å². The SMILES string of the molecule is CC(C)c1nccc(Cl)c1N1CN=C(Cl)c2cc(F)c(Cl)nc21. The minimum atomic E-state index is -0.651. The summed E-state index contributed by atoms with van der Waals surface area (Å²) in [4.78, 5) is 14.5. The number of hydrogen-bond acceptors (Lipinski definition) is 4. The van der Waals surface area contributed by atoms with E-state index in [1.54, 1.807) is 17.2 Å². The maximum atomic E-state index is 13.7. The molecule has 1 aliphatic rings. The number of nitrogens with zero attached hydrogens (tertiary/aromatic N) is 4. The molecule has 0 saturated carbocycles. The van der Waals surface area contributed by atoms with E-state index in [2.05, 4.69) is 15.0 Å². The summed E-state index contributed by atoms with van der Waals surface area (Å²) in [5, 5.41) is 0.460. The second-order valence-corrected chi connectivity index (χ2v) is 6.46. The van der Waals surface area contributed by atoms with Gasteiger partial charge in [-0.3, -0.25) is 9.98 Å². The van der Waals surface area contributed by atoms with E-state index < -0.39 is 5.82 Å². The van der Waals surface area contributed by atoms with Gasteiger partial charge in [-0.25, -0.2) is 9.37 Å². The molecule has 0 saturated heterocycles. The molecule has 8 heteroatoms. The van der Waals surface area contributed by atoms with Crippen LogP contribution in [0.4, 0.5) is 15.9 Å². The minimum absolute atomic E-state index is 0.129.